The van der Waals surface area contributed by atoms with Crippen molar-refractivity contribution in [3.05, 3.63) is 0 Å². The van der Waals surface area contributed by atoms with Gasteiger partial charge in [0.05, 0.1) is 11.9 Å². The summed E-state index contributed by atoms with van der Waals surface area (Å²) in [5, 5.41) is 16.5. The number of aliphatic hydroxyl groups is 1. The lowest BCUT2D eigenvalue weighted by atomic mass is 10.0. The molecule has 4 heteroatoms. The van der Waals surface area contributed by atoms with E-state index in [2.05, 4.69) is 11.9 Å². The van der Waals surface area contributed by atoms with E-state index in [1.54, 1.807) is 0 Å². The van der Waals surface area contributed by atoms with Gasteiger partial charge in [0.25, 0.3) is 0 Å². The molecule has 0 spiro atoms. The summed E-state index contributed by atoms with van der Waals surface area (Å²) >= 11 is 0. The minimum absolute atomic E-state index is 0.226. The van der Waals surface area contributed by atoms with Crippen molar-refractivity contribution in [2.45, 2.75) is 38.7 Å². The number of nitrogens with two attached hydrogens (primary N) is 1. The standard InChI is InChI=1S/C11H23N3O/c1-9(15)3-6-14(2)8-11(4-5-11)7-10(12)13/h9,15H,3-8H2,1-2H3,(H3,12,13). The van der Waals surface area contributed by atoms with Crippen molar-refractivity contribution in [2.24, 2.45) is 11.1 Å². The van der Waals surface area contributed by atoms with Crippen LogP contribution in [0.5, 0.6) is 0 Å². The molecule has 1 atom stereocenters. The molecular formula is C11H23N3O. The van der Waals surface area contributed by atoms with Crippen LogP contribution in [0.15, 0.2) is 0 Å². The normalized spacial score (nSPS) is 20.3. The van der Waals surface area contributed by atoms with E-state index in [0.717, 1.165) is 25.9 Å². The van der Waals surface area contributed by atoms with Crippen LogP contribution in [0.2, 0.25) is 0 Å². The number of nitrogens with zero attached hydrogens (tertiary/aromatic N) is 1. The van der Waals surface area contributed by atoms with Crippen molar-refractivity contribution >= 4 is 5.84 Å². The topological polar surface area (TPSA) is 73.3 Å². The fourth-order valence-electron chi connectivity index (χ4n) is 2.03. The molecule has 15 heavy (non-hydrogen) atoms. The molecule has 1 aliphatic carbocycles. The predicted octanol–water partition coefficient (Wildman–Crippen LogP) is 0.795. The lowest BCUT2D eigenvalue weighted by Gasteiger charge is -2.23. The van der Waals surface area contributed by atoms with E-state index in [4.69, 9.17) is 11.1 Å². The van der Waals surface area contributed by atoms with Gasteiger partial charge < -0.3 is 15.7 Å². The van der Waals surface area contributed by atoms with E-state index in [0.29, 0.717) is 5.84 Å². The summed E-state index contributed by atoms with van der Waals surface area (Å²) in [5.41, 5.74) is 5.72. The zero-order valence-electron chi connectivity index (χ0n) is 9.79. The van der Waals surface area contributed by atoms with Crippen LogP contribution in [0.4, 0.5) is 0 Å². The molecule has 1 aliphatic rings. The lowest BCUT2D eigenvalue weighted by Crippen LogP contribution is -2.31. The van der Waals surface area contributed by atoms with E-state index in [1.807, 2.05) is 6.92 Å². The fraction of sp³-hybridized carbons (Fsp3) is 0.909. The molecule has 0 saturated heterocycles. The molecule has 0 aromatic carbocycles. The highest BCUT2D eigenvalue weighted by Crippen LogP contribution is 2.49. The van der Waals surface area contributed by atoms with Crippen molar-refractivity contribution in [2.75, 3.05) is 20.1 Å². The van der Waals surface area contributed by atoms with Gasteiger partial charge in [0.2, 0.25) is 0 Å². The van der Waals surface area contributed by atoms with Gasteiger partial charge in [-0.3, -0.25) is 5.41 Å². The molecule has 4 N–H and O–H groups in total. The Morgan fingerprint density at radius 1 is 1.60 bits per heavy atom. The van der Waals surface area contributed by atoms with Gasteiger partial charge in [-0.15, -0.1) is 0 Å². The smallest absolute Gasteiger partial charge is 0.0911 e. The van der Waals surface area contributed by atoms with Crippen molar-refractivity contribution in [1.29, 1.82) is 5.41 Å². The highest BCUT2D eigenvalue weighted by molar-refractivity contribution is 5.78. The maximum Gasteiger partial charge on any atom is 0.0911 e. The van der Waals surface area contributed by atoms with Crippen LogP contribution < -0.4 is 5.73 Å². The molecule has 88 valence electrons. The molecule has 0 aliphatic heterocycles. The van der Waals surface area contributed by atoms with Crippen molar-refractivity contribution < 1.29 is 5.11 Å². The zero-order valence-corrected chi connectivity index (χ0v) is 9.79. The molecule has 0 heterocycles. The molecule has 0 radical (unpaired) electrons. The fourth-order valence-corrected chi connectivity index (χ4v) is 2.03. The van der Waals surface area contributed by atoms with Gasteiger partial charge in [0.15, 0.2) is 0 Å². The number of hydrogen-bond donors (Lipinski definition) is 3. The van der Waals surface area contributed by atoms with E-state index < -0.39 is 0 Å². The van der Waals surface area contributed by atoms with Crippen LogP contribution in [0, 0.1) is 10.8 Å². The molecule has 0 bridgehead atoms. The Kier molecular flexibility index (Phi) is 4.11. The largest absolute Gasteiger partial charge is 0.393 e. The van der Waals surface area contributed by atoms with Gasteiger partial charge in [0, 0.05) is 19.5 Å². The maximum absolute atomic E-state index is 9.18. The van der Waals surface area contributed by atoms with Gasteiger partial charge in [-0.2, -0.15) is 0 Å². The minimum atomic E-state index is -0.226. The first-order chi connectivity index (χ1) is 6.93. The second kappa shape index (κ2) is 4.94. The first-order valence-corrected chi connectivity index (χ1v) is 5.63. The Morgan fingerprint density at radius 3 is 2.60 bits per heavy atom. The molecule has 4 nitrogen and oxygen atoms in total. The number of rotatable bonds is 7. The Bertz CT molecular complexity index is 224. The first-order valence-electron chi connectivity index (χ1n) is 5.63. The van der Waals surface area contributed by atoms with Crippen LogP contribution in [0.25, 0.3) is 0 Å². The molecule has 1 fully saturated rings. The van der Waals surface area contributed by atoms with Gasteiger partial charge in [-0.25, -0.2) is 0 Å². The quantitative estimate of drug-likeness (QED) is 0.432. The summed E-state index contributed by atoms with van der Waals surface area (Å²) in [6.07, 6.45) is 3.69. The summed E-state index contributed by atoms with van der Waals surface area (Å²) in [4.78, 5) is 2.24. The van der Waals surface area contributed by atoms with Crippen LogP contribution in [0.1, 0.15) is 32.6 Å². The Labute approximate surface area is 92.0 Å². The molecule has 1 unspecified atom stereocenters. The van der Waals surface area contributed by atoms with Crippen LogP contribution in [0.3, 0.4) is 0 Å². The summed E-state index contributed by atoms with van der Waals surface area (Å²) in [6.45, 7) is 3.73. The minimum Gasteiger partial charge on any atom is -0.393 e. The molecule has 0 aromatic heterocycles. The molecule has 0 aromatic rings. The van der Waals surface area contributed by atoms with Crippen LogP contribution in [-0.2, 0) is 0 Å². The third kappa shape index (κ3) is 4.62. The molecular weight excluding hydrogens is 190 g/mol. The number of aliphatic hydroxyl groups excluding tert-OH is 1. The summed E-state index contributed by atoms with van der Waals surface area (Å²) < 4.78 is 0. The highest BCUT2D eigenvalue weighted by Gasteiger charge is 2.43. The van der Waals surface area contributed by atoms with Crippen molar-refractivity contribution in [3.8, 4) is 0 Å². The zero-order chi connectivity index (χ0) is 11.5. The third-order valence-electron chi connectivity index (χ3n) is 3.06. The van der Waals surface area contributed by atoms with Crippen LogP contribution >= 0.6 is 0 Å². The van der Waals surface area contributed by atoms with E-state index >= 15 is 0 Å². The summed E-state index contributed by atoms with van der Waals surface area (Å²) in [6, 6.07) is 0. The molecule has 1 saturated carbocycles. The molecule has 1 rings (SSSR count). The number of hydrogen-bond acceptors (Lipinski definition) is 3. The Hall–Kier alpha value is -0.610. The predicted molar refractivity (Wildman–Crippen MR) is 62.0 cm³/mol. The third-order valence-corrected chi connectivity index (χ3v) is 3.06. The number of nitrogens with one attached hydrogen (secondary N) is 1. The SMILES string of the molecule is CC(O)CCN(C)CC1(CC(=N)N)CC1. The van der Waals surface area contributed by atoms with Gasteiger partial charge in [-0.1, -0.05) is 0 Å². The van der Waals surface area contributed by atoms with Gasteiger partial charge in [-0.05, 0) is 38.6 Å². The van der Waals surface area contributed by atoms with Gasteiger partial charge in [0.1, 0.15) is 0 Å². The average molecular weight is 213 g/mol. The van der Waals surface area contributed by atoms with E-state index in [9.17, 15) is 5.11 Å². The first kappa shape index (κ1) is 12.5. The molecule has 0 amide bonds. The maximum atomic E-state index is 9.18. The Balaban J connectivity index is 2.25. The summed E-state index contributed by atoms with van der Waals surface area (Å²) in [5.74, 6) is 0.302. The second-order valence-corrected chi connectivity index (χ2v) is 5.08. The van der Waals surface area contributed by atoms with Crippen LogP contribution in [-0.4, -0.2) is 42.1 Å². The van der Waals surface area contributed by atoms with E-state index in [1.165, 1.54) is 12.8 Å². The monoisotopic (exact) mass is 213 g/mol. The van der Waals surface area contributed by atoms with E-state index in [-0.39, 0.29) is 11.5 Å². The van der Waals surface area contributed by atoms with Crippen molar-refractivity contribution in [1.82, 2.24) is 4.90 Å². The summed E-state index contributed by atoms with van der Waals surface area (Å²) in [7, 11) is 2.07. The second-order valence-electron chi connectivity index (χ2n) is 5.08. The highest BCUT2D eigenvalue weighted by atomic mass is 16.3. The van der Waals surface area contributed by atoms with Gasteiger partial charge >= 0.3 is 0 Å². The number of amidine groups is 1. The lowest BCUT2D eigenvalue weighted by molar-refractivity contribution is 0.157. The Morgan fingerprint density at radius 2 is 2.20 bits per heavy atom. The average Bonchev–Trinajstić information content (AvgIpc) is 2.80. The van der Waals surface area contributed by atoms with Crippen molar-refractivity contribution in [3.63, 3.8) is 0 Å².